The summed E-state index contributed by atoms with van der Waals surface area (Å²) in [7, 11) is 0. The molecule has 1 aliphatic carbocycles. The van der Waals surface area contributed by atoms with E-state index >= 15 is 0 Å². The number of hydrogen-bond acceptors (Lipinski definition) is 3. The highest BCUT2D eigenvalue weighted by atomic mass is 16.2. The Morgan fingerprint density at radius 1 is 1.06 bits per heavy atom. The second-order valence-corrected chi connectivity index (χ2v) is 4.48. The van der Waals surface area contributed by atoms with E-state index in [0.717, 1.165) is 25.7 Å². The molecule has 1 amide bonds. The lowest BCUT2D eigenvalue weighted by atomic mass is 9.88. The molecule has 1 fully saturated rings. The first-order valence-corrected chi connectivity index (χ1v) is 6.32. The lowest BCUT2D eigenvalue weighted by molar-refractivity contribution is -0.136. The van der Waals surface area contributed by atoms with Crippen LogP contribution in [0, 0.1) is 28.6 Å². The smallest absolute Gasteiger partial charge is 0.225 e. The first-order valence-electron chi connectivity index (χ1n) is 6.32. The van der Waals surface area contributed by atoms with E-state index in [1.165, 1.54) is 6.42 Å². The van der Waals surface area contributed by atoms with Crippen molar-refractivity contribution in [3.05, 3.63) is 0 Å². The van der Waals surface area contributed by atoms with Gasteiger partial charge in [-0.3, -0.25) is 4.79 Å². The monoisotopic (exact) mass is 233 g/mol. The van der Waals surface area contributed by atoms with E-state index in [9.17, 15) is 4.79 Å². The molecule has 4 nitrogen and oxygen atoms in total. The van der Waals surface area contributed by atoms with Crippen LogP contribution < -0.4 is 0 Å². The van der Waals surface area contributed by atoms with Crippen molar-refractivity contribution in [1.29, 1.82) is 10.5 Å². The summed E-state index contributed by atoms with van der Waals surface area (Å²) < 4.78 is 0. The van der Waals surface area contributed by atoms with Crippen LogP contribution in [0.3, 0.4) is 0 Å². The van der Waals surface area contributed by atoms with Gasteiger partial charge >= 0.3 is 0 Å². The summed E-state index contributed by atoms with van der Waals surface area (Å²) in [6.45, 7) is 0.932. The zero-order valence-electron chi connectivity index (χ0n) is 10.2. The van der Waals surface area contributed by atoms with Crippen LogP contribution in [-0.4, -0.2) is 23.9 Å². The standard InChI is InChI=1S/C13H19N3O/c14-8-4-10-16(11-5-9-15)13(17)12-6-2-1-3-7-12/h12H,1-7,10-11H2. The summed E-state index contributed by atoms with van der Waals surface area (Å²) in [5.41, 5.74) is 0. The van der Waals surface area contributed by atoms with Gasteiger partial charge in [0.05, 0.1) is 25.0 Å². The molecule has 0 aromatic carbocycles. The average Bonchev–Trinajstić information content (AvgIpc) is 2.39. The number of rotatable bonds is 5. The molecule has 0 aromatic rings. The zero-order valence-corrected chi connectivity index (χ0v) is 10.2. The Kier molecular flexibility index (Phi) is 6.10. The molecule has 0 aromatic heterocycles. The maximum absolute atomic E-state index is 12.2. The minimum Gasteiger partial charge on any atom is -0.340 e. The summed E-state index contributed by atoms with van der Waals surface area (Å²) >= 11 is 0. The van der Waals surface area contributed by atoms with E-state index in [0.29, 0.717) is 25.9 Å². The van der Waals surface area contributed by atoms with Gasteiger partial charge in [-0.05, 0) is 12.8 Å². The van der Waals surface area contributed by atoms with Crippen LogP contribution in [0.25, 0.3) is 0 Å². The lowest BCUT2D eigenvalue weighted by Crippen LogP contribution is -2.38. The van der Waals surface area contributed by atoms with Gasteiger partial charge in [0, 0.05) is 19.0 Å². The molecule has 1 rings (SSSR count). The normalized spacial score (nSPS) is 15.9. The molecule has 1 saturated carbocycles. The van der Waals surface area contributed by atoms with Crippen LogP contribution >= 0.6 is 0 Å². The minimum absolute atomic E-state index is 0.126. The number of amides is 1. The molecule has 0 heterocycles. The summed E-state index contributed by atoms with van der Waals surface area (Å²) in [6.07, 6.45) is 6.11. The molecule has 0 saturated heterocycles. The van der Waals surface area contributed by atoms with Gasteiger partial charge in [0.15, 0.2) is 0 Å². The summed E-state index contributed by atoms with van der Waals surface area (Å²) in [6, 6.07) is 4.11. The quantitative estimate of drug-likeness (QED) is 0.731. The summed E-state index contributed by atoms with van der Waals surface area (Å²) in [5, 5.41) is 17.2. The highest BCUT2D eigenvalue weighted by molar-refractivity contribution is 5.79. The second kappa shape index (κ2) is 7.68. The average molecular weight is 233 g/mol. The number of carbonyl (C=O) groups excluding carboxylic acids is 1. The van der Waals surface area contributed by atoms with E-state index in [4.69, 9.17) is 10.5 Å². The first-order chi connectivity index (χ1) is 8.29. The van der Waals surface area contributed by atoms with Crippen LogP contribution in [0.15, 0.2) is 0 Å². The maximum Gasteiger partial charge on any atom is 0.225 e. The lowest BCUT2D eigenvalue weighted by Gasteiger charge is -2.28. The molecule has 1 aliphatic rings. The van der Waals surface area contributed by atoms with Gasteiger partial charge in [0.2, 0.25) is 5.91 Å². The third-order valence-corrected chi connectivity index (χ3v) is 3.25. The number of hydrogen-bond donors (Lipinski definition) is 0. The maximum atomic E-state index is 12.2. The molecular formula is C13H19N3O. The molecule has 0 unspecified atom stereocenters. The molecular weight excluding hydrogens is 214 g/mol. The Morgan fingerprint density at radius 3 is 2.06 bits per heavy atom. The van der Waals surface area contributed by atoms with E-state index in [1.807, 2.05) is 0 Å². The third-order valence-electron chi connectivity index (χ3n) is 3.25. The molecule has 0 spiro atoms. The van der Waals surface area contributed by atoms with Crippen molar-refractivity contribution in [2.24, 2.45) is 5.92 Å². The number of carbonyl (C=O) groups is 1. The molecule has 4 heteroatoms. The van der Waals surface area contributed by atoms with E-state index < -0.39 is 0 Å². The van der Waals surface area contributed by atoms with Crippen LogP contribution in [0.4, 0.5) is 0 Å². The minimum atomic E-state index is 0.126. The highest BCUT2D eigenvalue weighted by Crippen LogP contribution is 2.25. The summed E-state index contributed by atoms with van der Waals surface area (Å²) in [5.74, 6) is 0.274. The largest absolute Gasteiger partial charge is 0.340 e. The Hall–Kier alpha value is -1.55. The molecule has 17 heavy (non-hydrogen) atoms. The van der Waals surface area contributed by atoms with Crippen molar-refractivity contribution in [2.75, 3.05) is 13.1 Å². The van der Waals surface area contributed by atoms with Gasteiger partial charge in [0.1, 0.15) is 0 Å². The van der Waals surface area contributed by atoms with Gasteiger partial charge in [-0.1, -0.05) is 19.3 Å². The second-order valence-electron chi connectivity index (χ2n) is 4.48. The van der Waals surface area contributed by atoms with Crippen molar-refractivity contribution in [1.82, 2.24) is 4.90 Å². The fraction of sp³-hybridized carbons (Fsp3) is 0.769. The molecule has 0 N–H and O–H groups in total. The van der Waals surface area contributed by atoms with Crippen molar-refractivity contribution in [2.45, 2.75) is 44.9 Å². The van der Waals surface area contributed by atoms with Gasteiger partial charge < -0.3 is 4.90 Å². The van der Waals surface area contributed by atoms with Crippen LogP contribution in [-0.2, 0) is 4.79 Å². The Morgan fingerprint density at radius 2 is 1.59 bits per heavy atom. The first kappa shape index (κ1) is 13.5. The number of nitrogens with zero attached hydrogens (tertiary/aromatic N) is 3. The van der Waals surface area contributed by atoms with Crippen molar-refractivity contribution < 1.29 is 4.79 Å². The fourth-order valence-corrected chi connectivity index (χ4v) is 2.31. The molecule has 92 valence electrons. The number of nitriles is 2. The Balaban J connectivity index is 2.51. The Bertz CT molecular complexity index is 303. The molecule has 0 aliphatic heterocycles. The van der Waals surface area contributed by atoms with Crippen LogP contribution in [0.1, 0.15) is 44.9 Å². The predicted octanol–water partition coefficient (Wildman–Crippen LogP) is 2.22. The Labute approximate surface area is 103 Å². The van der Waals surface area contributed by atoms with E-state index in [1.54, 1.807) is 4.90 Å². The van der Waals surface area contributed by atoms with Crippen LogP contribution in [0.2, 0.25) is 0 Å². The highest BCUT2D eigenvalue weighted by Gasteiger charge is 2.25. The fourth-order valence-electron chi connectivity index (χ4n) is 2.31. The zero-order chi connectivity index (χ0) is 12.5. The molecule has 0 radical (unpaired) electrons. The topological polar surface area (TPSA) is 67.9 Å². The SMILES string of the molecule is N#CCCN(CCC#N)C(=O)C1CCCCC1. The van der Waals surface area contributed by atoms with Gasteiger partial charge in [-0.15, -0.1) is 0 Å². The van der Waals surface area contributed by atoms with Crippen LogP contribution in [0.5, 0.6) is 0 Å². The van der Waals surface area contributed by atoms with Gasteiger partial charge in [-0.25, -0.2) is 0 Å². The van der Waals surface area contributed by atoms with Crippen molar-refractivity contribution in [3.8, 4) is 12.1 Å². The van der Waals surface area contributed by atoms with Gasteiger partial charge in [0.25, 0.3) is 0 Å². The predicted molar refractivity (Wildman–Crippen MR) is 63.6 cm³/mol. The van der Waals surface area contributed by atoms with Crippen molar-refractivity contribution in [3.63, 3.8) is 0 Å². The van der Waals surface area contributed by atoms with E-state index in [2.05, 4.69) is 12.1 Å². The summed E-state index contributed by atoms with van der Waals surface area (Å²) in [4.78, 5) is 13.9. The molecule has 0 atom stereocenters. The van der Waals surface area contributed by atoms with Gasteiger partial charge in [-0.2, -0.15) is 10.5 Å². The molecule has 0 bridgehead atoms. The van der Waals surface area contributed by atoms with E-state index in [-0.39, 0.29) is 11.8 Å². The third kappa shape index (κ3) is 4.44. The van der Waals surface area contributed by atoms with Crippen molar-refractivity contribution >= 4 is 5.91 Å².